The molecule has 5 nitrogen and oxygen atoms in total. The van der Waals surface area contributed by atoms with Gasteiger partial charge in [0.15, 0.2) is 0 Å². The van der Waals surface area contributed by atoms with Crippen molar-refractivity contribution in [1.29, 1.82) is 0 Å². The molecule has 0 bridgehead atoms. The largest absolute Gasteiger partial charge is 0.491 e. The fraction of sp³-hybridized carbons (Fsp3) is 0.381. The summed E-state index contributed by atoms with van der Waals surface area (Å²) in [6, 6.07) is 11.6. The molecule has 27 heavy (non-hydrogen) atoms. The van der Waals surface area contributed by atoms with Crippen LogP contribution in [0.25, 0.3) is 0 Å². The van der Waals surface area contributed by atoms with E-state index in [0.717, 1.165) is 35.7 Å². The number of carbonyl (C=O) groups is 1. The molecule has 1 aliphatic heterocycles. The fourth-order valence-electron chi connectivity index (χ4n) is 3.20. The van der Waals surface area contributed by atoms with Gasteiger partial charge in [-0.05, 0) is 29.5 Å². The molecule has 6 heteroatoms. The molecule has 144 valence electrons. The third-order valence-corrected chi connectivity index (χ3v) is 5.49. The number of para-hydroxylation sites is 1. The molecule has 1 N–H and O–H groups in total. The van der Waals surface area contributed by atoms with Crippen LogP contribution in [0.4, 0.5) is 0 Å². The SMILES string of the molecule is C=CCc1ccccc1OCC(O)CN1CCN(C(=O)c2cccs2)CC1. The Hall–Kier alpha value is -2.15. The van der Waals surface area contributed by atoms with Gasteiger partial charge in [-0.15, -0.1) is 17.9 Å². The molecule has 1 aromatic carbocycles. The number of hydrogen-bond donors (Lipinski definition) is 1. The van der Waals surface area contributed by atoms with E-state index in [1.807, 2.05) is 52.8 Å². The summed E-state index contributed by atoms with van der Waals surface area (Å²) in [4.78, 5) is 17.2. The van der Waals surface area contributed by atoms with Crippen molar-refractivity contribution in [2.24, 2.45) is 0 Å². The minimum Gasteiger partial charge on any atom is -0.491 e. The lowest BCUT2D eigenvalue weighted by atomic mass is 10.1. The van der Waals surface area contributed by atoms with E-state index in [-0.39, 0.29) is 12.5 Å². The van der Waals surface area contributed by atoms with Crippen molar-refractivity contribution in [2.75, 3.05) is 39.3 Å². The fourth-order valence-corrected chi connectivity index (χ4v) is 3.89. The lowest BCUT2D eigenvalue weighted by Gasteiger charge is -2.35. The highest BCUT2D eigenvalue weighted by molar-refractivity contribution is 7.12. The maximum absolute atomic E-state index is 12.4. The number of nitrogens with zero attached hydrogens (tertiary/aromatic N) is 2. The van der Waals surface area contributed by atoms with Crippen LogP contribution in [0.5, 0.6) is 5.75 Å². The van der Waals surface area contributed by atoms with Gasteiger partial charge in [-0.1, -0.05) is 30.3 Å². The van der Waals surface area contributed by atoms with Crippen LogP contribution >= 0.6 is 11.3 Å². The Morgan fingerprint density at radius 1 is 1.22 bits per heavy atom. The van der Waals surface area contributed by atoms with Gasteiger partial charge in [0, 0.05) is 32.7 Å². The molecule has 0 saturated carbocycles. The predicted octanol–water partition coefficient (Wildman–Crippen LogP) is 2.67. The Morgan fingerprint density at radius 2 is 2.00 bits per heavy atom. The van der Waals surface area contributed by atoms with Crippen LogP contribution in [0.3, 0.4) is 0 Å². The predicted molar refractivity (Wildman–Crippen MR) is 109 cm³/mol. The number of aliphatic hydroxyl groups is 1. The first kappa shape index (κ1) is 19.6. The highest BCUT2D eigenvalue weighted by atomic mass is 32.1. The van der Waals surface area contributed by atoms with Crippen molar-refractivity contribution >= 4 is 17.2 Å². The summed E-state index contributed by atoms with van der Waals surface area (Å²) < 4.78 is 5.81. The van der Waals surface area contributed by atoms with Crippen molar-refractivity contribution < 1.29 is 14.6 Å². The first-order chi connectivity index (χ1) is 13.2. The minimum atomic E-state index is -0.568. The highest BCUT2D eigenvalue weighted by Crippen LogP contribution is 2.19. The monoisotopic (exact) mass is 386 g/mol. The van der Waals surface area contributed by atoms with Gasteiger partial charge >= 0.3 is 0 Å². The second-order valence-electron chi connectivity index (χ2n) is 6.64. The van der Waals surface area contributed by atoms with E-state index in [4.69, 9.17) is 4.74 Å². The molecule has 1 aliphatic rings. The zero-order chi connectivity index (χ0) is 19.1. The van der Waals surface area contributed by atoms with E-state index in [1.165, 1.54) is 11.3 Å². The summed E-state index contributed by atoms with van der Waals surface area (Å²) in [6.45, 7) is 7.47. The summed E-state index contributed by atoms with van der Waals surface area (Å²) in [7, 11) is 0. The van der Waals surface area contributed by atoms with Gasteiger partial charge in [-0.2, -0.15) is 0 Å². The molecule has 1 amide bonds. The number of hydrogen-bond acceptors (Lipinski definition) is 5. The van der Waals surface area contributed by atoms with Gasteiger partial charge in [-0.25, -0.2) is 0 Å². The van der Waals surface area contributed by atoms with Gasteiger partial charge in [0.05, 0.1) is 4.88 Å². The lowest BCUT2D eigenvalue weighted by molar-refractivity contribution is 0.0404. The third kappa shape index (κ3) is 5.42. The summed E-state index contributed by atoms with van der Waals surface area (Å²) in [5, 5.41) is 12.3. The van der Waals surface area contributed by atoms with Crippen LogP contribution in [-0.4, -0.2) is 66.2 Å². The topological polar surface area (TPSA) is 53.0 Å². The summed E-state index contributed by atoms with van der Waals surface area (Å²) in [5.41, 5.74) is 1.07. The van der Waals surface area contributed by atoms with Crippen molar-refractivity contribution in [3.05, 3.63) is 64.9 Å². The van der Waals surface area contributed by atoms with Crippen LogP contribution in [0.2, 0.25) is 0 Å². The zero-order valence-electron chi connectivity index (χ0n) is 15.4. The molecule has 0 aliphatic carbocycles. The van der Waals surface area contributed by atoms with Crippen molar-refractivity contribution in [3.8, 4) is 5.75 Å². The number of rotatable bonds is 8. The smallest absolute Gasteiger partial charge is 0.264 e. The van der Waals surface area contributed by atoms with Crippen LogP contribution in [0.1, 0.15) is 15.2 Å². The number of benzene rings is 1. The molecule has 1 aromatic heterocycles. The number of carbonyl (C=O) groups excluding carboxylic acids is 1. The molecule has 3 rings (SSSR count). The van der Waals surface area contributed by atoms with E-state index < -0.39 is 6.10 Å². The number of β-amino-alcohol motifs (C(OH)–C–C–N with tert-alkyl or cyclic N) is 1. The minimum absolute atomic E-state index is 0.104. The van der Waals surface area contributed by atoms with Crippen molar-refractivity contribution in [1.82, 2.24) is 9.80 Å². The molecule has 1 atom stereocenters. The lowest BCUT2D eigenvalue weighted by Crippen LogP contribution is -2.50. The van der Waals surface area contributed by atoms with E-state index in [1.54, 1.807) is 0 Å². The molecule has 1 saturated heterocycles. The van der Waals surface area contributed by atoms with Crippen LogP contribution in [-0.2, 0) is 6.42 Å². The van der Waals surface area contributed by atoms with Crippen LogP contribution in [0.15, 0.2) is 54.4 Å². The van der Waals surface area contributed by atoms with Gasteiger partial charge < -0.3 is 14.7 Å². The van der Waals surface area contributed by atoms with Crippen LogP contribution < -0.4 is 4.74 Å². The quantitative estimate of drug-likeness (QED) is 0.709. The summed E-state index contributed by atoms with van der Waals surface area (Å²) in [5.74, 6) is 0.898. The first-order valence-corrected chi connectivity index (χ1v) is 10.1. The van der Waals surface area contributed by atoms with Crippen molar-refractivity contribution in [2.45, 2.75) is 12.5 Å². The zero-order valence-corrected chi connectivity index (χ0v) is 16.2. The Labute approximate surface area is 164 Å². The maximum Gasteiger partial charge on any atom is 0.264 e. The van der Waals surface area contributed by atoms with Gasteiger partial charge in [0.25, 0.3) is 5.91 Å². The Morgan fingerprint density at radius 3 is 2.70 bits per heavy atom. The number of allylic oxidation sites excluding steroid dienone is 1. The van der Waals surface area contributed by atoms with E-state index in [2.05, 4.69) is 11.5 Å². The highest BCUT2D eigenvalue weighted by Gasteiger charge is 2.24. The molecule has 1 fully saturated rings. The molecule has 1 unspecified atom stereocenters. The summed E-state index contributed by atoms with van der Waals surface area (Å²) >= 11 is 1.48. The molecular formula is C21H26N2O3S. The van der Waals surface area contributed by atoms with Gasteiger partial charge in [-0.3, -0.25) is 9.69 Å². The Bertz CT molecular complexity index is 740. The number of piperazine rings is 1. The Balaban J connectivity index is 1.42. The number of thiophene rings is 1. The molecule has 0 spiro atoms. The number of amides is 1. The molecule has 0 radical (unpaired) electrons. The van der Waals surface area contributed by atoms with E-state index >= 15 is 0 Å². The second kappa shape index (κ2) is 9.69. The van der Waals surface area contributed by atoms with Gasteiger partial charge in [0.1, 0.15) is 18.5 Å². The van der Waals surface area contributed by atoms with E-state index in [9.17, 15) is 9.90 Å². The maximum atomic E-state index is 12.4. The number of aliphatic hydroxyl groups excluding tert-OH is 1. The van der Waals surface area contributed by atoms with Crippen LogP contribution in [0, 0.1) is 0 Å². The summed E-state index contributed by atoms with van der Waals surface area (Å²) in [6.07, 6.45) is 2.02. The van der Waals surface area contributed by atoms with Crippen molar-refractivity contribution in [3.63, 3.8) is 0 Å². The van der Waals surface area contributed by atoms with E-state index in [0.29, 0.717) is 19.6 Å². The second-order valence-corrected chi connectivity index (χ2v) is 7.58. The molecular weight excluding hydrogens is 360 g/mol. The number of ether oxygens (including phenoxy) is 1. The average molecular weight is 387 g/mol. The molecule has 2 aromatic rings. The molecule has 2 heterocycles. The Kier molecular flexibility index (Phi) is 7.04. The first-order valence-electron chi connectivity index (χ1n) is 9.22. The standard InChI is InChI=1S/C21H26N2O3S/c1-2-6-17-7-3-4-8-19(17)26-16-18(24)15-22-10-12-23(13-11-22)21(25)20-9-5-14-27-20/h2-5,7-9,14,18,24H,1,6,10-13,15-16H2. The normalized spacial score (nSPS) is 16.1. The average Bonchev–Trinajstić information content (AvgIpc) is 3.22. The van der Waals surface area contributed by atoms with Gasteiger partial charge in [0.2, 0.25) is 0 Å². The third-order valence-electron chi connectivity index (χ3n) is 4.63.